The SMILES string of the molecule is CCCS(=O)(=O)NCc1cccc(NC(=O)C(C)C)c1. The first-order chi connectivity index (χ1) is 9.34. The molecule has 1 rings (SSSR count). The van der Waals surface area contributed by atoms with E-state index in [2.05, 4.69) is 10.0 Å². The lowest BCUT2D eigenvalue weighted by Crippen LogP contribution is -2.25. The molecule has 5 nitrogen and oxygen atoms in total. The highest BCUT2D eigenvalue weighted by Crippen LogP contribution is 2.12. The molecule has 20 heavy (non-hydrogen) atoms. The van der Waals surface area contributed by atoms with Crippen LogP contribution in [-0.2, 0) is 21.4 Å². The van der Waals surface area contributed by atoms with Gasteiger partial charge in [-0.05, 0) is 24.1 Å². The minimum atomic E-state index is -3.22. The molecule has 0 aliphatic rings. The first kappa shape index (κ1) is 16.7. The van der Waals surface area contributed by atoms with Gasteiger partial charge in [-0.1, -0.05) is 32.9 Å². The van der Waals surface area contributed by atoms with Crippen LogP contribution in [0.2, 0.25) is 0 Å². The fourth-order valence-electron chi connectivity index (χ4n) is 1.58. The van der Waals surface area contributed by atoms with Gasteiger partial charge in [-0.15, -0.1) is 0 Å². The second-order valence-electron chi connectivity index (χ2n) is 4.98. The summed E-state index contributed by atoms with van der Waals surface area (Å²) in [4.78, 5) is 11.6. The summed E-state index contributed by atoms with van der Waals surface area (Å²) in [5, 5.41) is 2.79. The molecule has 6 heteroatoms. The fraction of sp³-hybridized carbons (Fsp3) is 0.500. The van der Waals surface area contributed by atoms with Crippen LogP contribution in [0.1, 0.15) is 32.8 Å². The zero-order valence-electron chi connectivity index (χ0n) is 12.1. The average molecular weight is 298 g/mol. The molecule has 0 aliphatic heterocycles. The number of hydrogen-bond donors (Lipinski definition) is 2. The summed E-state index contributed by atoms with van der Waals surface area (Å²) in [7, 11) is -3.22. The lowest BCUT2D eigenvalue weighted by Gasteiger charge is -2.10. The van der Waals surface area contributed by atoms with E-state index in [0.29, 0.717) is 12.1 Å². The maximum Gasteiger partial charge on any atom is 0.226 e. The van der Waals surface area contributed by atoms with Gasteiger partial charge >= 0.3 is 0 Å². The Kier molecular flexibility index (Phi) is 6.16. The van der Waals surface area contributed by atoms with E-state index in [1.54, 1.807) is 18.2 Å². The summed E-state index contributed by atoms with van der Waals surface area (Å²) in [6, 6.07) is 7.16. The van der Waals surface area contributed by atoms with Crippen molar-refractivity contribution < 1.29 is 13.2 Å². The van der Waals surface area contributed by atoms with E-state index in [1.165, 1.54) is 0 Å². The van der Waals surface area contributed by atoms with Gasteiger partial charge in [-0.3, -0.25) is 4.79 Å². The molecule has 0 unspecified atom stereocenters. The maximum absolute atomic E-state index is 11.6. The first-order valence-electron chi connectivity index (χ1n) is 6.71. The third-order valence-electron chi connectivity index (χ3n) is 2.69. The summed E-state index contributed by atoms with van der Waals surface area (Å²) in [6.07, 6.45) is 0.583. The number of nitrogens with one attached hydrogen (secondary N) is 2. The summed E-state index contributed by atoms with van der Waals surface area (Å²) < 4.78 is 25.7. The van der Waals surface area contributed by atoms with Gasteiger partial charge in [0.25, 0.3) is 0 Å². The monoisotopic (exact) mass is 298 g/mol. The lowest BCUT2D eigenvalue weighted by molar-refractivity contribution is -0.118. The van der Waals surface area contributed by atoms with Gasteiger partial charge in [-0.25, -0.2) is 13.1 Å². The van der Waals surface area contributed by atoms with Crippen LogP contribution >= 0.6 is 0 Å². The summed E-state index contributed by atoms with van der Waals surface area (Å²) in [5.41, 5.74) is 1.49. The third kappa shape index (κ3) is 5.71. The third-order valence-corrected chi connectivity index (χ3v) is 4.22. The molecule has 0 atom stereocenters. The van der Waals surface area contributed by atoms with Crippen LogP contribution in [0.4, 0.5) is 5.69 Å². The van der Waals surface area contributed by atoms with Crippen molar-refractivity contribution in [2.45, 2.75) is 33.7 Å². The molecule has 0 aromatic heterocycles. The van der Waals surface area contributed by atoms with Gasteiger partial charge in [0, 0.05) is 18.2 Å². The van der Waals surface area contributed by atoms with Gasteiger partial charge in [0.15, 0.2) is 0 Å². The van der Waals surface area contributed by atoms with Gasteiger partial charge in [0.05, 0.1) is 5.75 Å². The first-order valence-corrected chi connectivity index (χ1v) is 8.36. The Labute approximate surface area is 120 Å². The topological polar surface area (TPSA) is 75.3 Å². The van der Waals surface area contributed by atoms with Crippen molar-refractivity contribution in [2.75, 3.05) is 11.1 Å². The van der Waals surface area contributed by atoms with E-state index >= 15 is 0 Å². The maximum atomic E-state index is 11.6. The average Bonchev–Trinajstić information content (AvgIpc) is 2.37. The van der Waals surface area contributed by atoms with Crippen molar-refractivity contribution in [3.63, 3.8) is 0 Å². The Hall–Kier alpha value is -1.40. The van der Waals surface area contributed by atoms with Crippen molar-refractivity contribution in [1.29, 1.82) is 0 Å². The van der Waals surface area contributed by atoms with Crippen molar-refractivity contribution in [1.82, 2.24) is 4.72 Å². The number of benzene rings is 1. The Morgan fingerprint density at radius 3 is 2.60 bits per heavy atom. The highest BCUT2D eigenvalue weighted by Gasteiger charge is 2.09. The highest BCUT2D eigenvalue weighted by molar-refractivity contribution is 7.89. The number of carbonyl (C=O) groups excluding carboxylic acids is 1. The van der Waals surface area contributed by atoms with E-state index in [0.717, 1.165) is 5.56 Å². The standard InChI is InChI=1S/C14H22N2O3S/c1-4-8-20(18,19)15-10-12-6-5-7-13(9-12)16-14(17)11(2)3/h5-7,9,11,15H,4,8,10H2,1-3H3,(H,16,17). The van der Waals surface area contributed by atoms with Crippen LogP contribution in [0, 0.1) is 5.92 Å². The van der Waals surface area contributed by atoms with Crippen LogP contribution in [0.15, 0.2) is 24.3 Å². The number of rotatable bonds is 7. The molecule has 0 radical (unpaired) electrons. The fourth-order valence-corrected chi connectivity index (χ4v) is 2.65. The molecular weight excluding hydrogens is 276 g/mol. The molecule has 0 heterocycles. The van der Waals surface area contributed by atoms with Gasteiger partial charge in [-0.2, -0.15) is 0 Å². The smallest absolute Gasteiger partial charge is 0.226 e. The molecule has 0 bridgehead atoms. The predicted molar refractivity (Wildman–Crippen MR) is 80.8 cm³/mol. The number of carbonyl (C=O) groups is 1. The van der Waals surface area contributed by atoms with E-state index in [-0.39, 0.29) is 24.1 Å². The summed E-state index contributed by atoms with van der Waals surface area (Å²) >= 11 is 0. The number of amides is 1. The van der Waals surface area contributed by atoms with Crippen LogP contribution in [0.3, 0.4) is 0 Å². The largest absolute Gasteiger partial charge is 0.326 e. The molecular formula is C14H22N2O3S. The molecule has 2 N–H and O–H groups in total. The molecule has 0 spiro atoms. The number of anilines is 1. The quantitative estimate of drug-likeness (QED) is 0.809. The molecule has 0 aliphatic carbocycles. The van der Waals surface area contributed by atoms with Crippen LogP contribution in [-0.4, -0.2) is 20.1 Å². The Morgan fingerprint density at radius 1 is 1.30 bits per heavy atom. The van der Waals surface area contributed by atoms with Crippen LogP contribution in [0.5, 0.6) is 0 Å². The number of hydrogen-bond acceptors (Lipinski definition) is 3. The van der Waals surface area contributed by atoms with E-state index in [9.17, 15) is 13.2 Å². The van der Waals surface area contributed by atoms with Crippen molar-refractivity contribution in [3.05, 3.63) is 29.8 Å². The molecule has 112 valence electrons. The van der Waals surface area contributed by atoms with Crippen LogP contribution in [0.25, 0.3) is 0 Å². The van der Waals surface area contributed by atoms with E-state index < -0.39 is 10.0 Å². The second kappa shape index (κ2) is 7.40. The predicted octanol–water partition coefficient (Wildman–Crippen LogP) is 2.11. The minimum absolute atomic E-state index is 0.0614. The molecule has 0 fully saturated rings. The molecule has 1 aromatic carbocycles. The second-order valence-corrected chi connectivity index (χ2v) is 6.91. The molecule has 1 aromatic rings. The summed E-state index contributed by atoms with van der Waals surface area (Å²) in [6.45, 7) is 5.69. The van der Waals surface area contributed by atoms with Gasteiger partial charge in [0.2, 0.25) is 15.9 Å². The molecule has 0 saturated heterocycles. The van der Waals surface area contributed by atoms with Crippen molar-refractivity contribution in [2.24, 2.45) is 5.92 Å². The normalized spacial score (nSPS) is 11.6. The zero-order valence-corrected chi connectivity index (χ0v) is 13.0. The molecule has 1 amide bonds. The number of sulfonamides is 1. The van der Waals surface area contributed by atoms with Crippen LogP contribution < -0.4 is 10.0 Å². The van der Waals surface area contributed by atoms with Crippen molar-refractivity contribution >= 4 is 21.6 Å². The van der Waals surface area contributed by atoms with E-state index in [4.69, 9.17) is 0 Å². The Balaban J connectivity index is 2.67. The van der Waals surface area contributed by atoms with Gasteiger partial charge in [0.1, 0.15) is 0 Å². The molecule has 0 saturated carbocycles. The minimum Gasteiger partial charge on any atom is -0.326 e. The van der Waals surface area contributed by atoms with Gasteiger partial charge < -0.3 is 5.32 Å². The highest BCUT2D eigenvalue weighted by atomic mass is 32.2. The Morgan fingerprint density at radius 2 is 2.00 bits per heavy atom. The van der Waals surface area contributed by atoms with E-state index in [1.807, 2.05) is 26.8 Å². The Bertz CT molecular complexity index is 553. The summed E-state index contributed by atoms with van der Waals surface area (Å²) in [5.74, 6) is -0.0352. The zero-order chi connectivity index (χ0) is 15.2. The lowest BCUT2D eigenvalue weighted by atomic mass is 10.1. The van der Waals surface area contributed by atoms with Crippen molar-refractivity contribution in [3.8, 4) is 0 Å².